The molecule has 0 spiro atoms. The summed E-state index contributed by atoms with van der Waals surface area (Å²) >= 11 is 0. The molecule has 2 unspecified atom stereocenters. The van der Waals surface area contributed by atoms with Crippen LogP contribution in [-0.2, 0) is 0 Å². The second-order valence-corrected chi connectivity index (χ2v) is 5.66. The standard InChI is InChI=1S/C14H20N2O3/c1-9-10(16(17)18)6-5-7-11(9)19-13-8-12(15-4)14(13,2)3/h5-7,12-13,15H,8H2,1-4H3. The number of hydrogen-bond donors (Lipinski definition) is 1. The molecular weight excluding hydrogens is 244 g/mol. The van der Waals surface area contributed by atoms with Crippen LogP contribution in [-0.4, -0.2) is 24.1 Å². The highest BCUT2D eigenvalue weighted by molar-refractivity contribution is 5.48. The number of benzene rings is 1. The van der Waals surface area contributed by atoms with E-state index in [9.17, 15) is 10.1 Å². The average Bonchev–Trinajstić information content (AvgIpc) is 2.35. The number of nitrogens with one attached hydrogen (secondary N) is 1. The molecule has 0 aliphatic heterocycles. The Morgan fingerprint density at radius 3 is 2.68 bits per heavy atom. The molecule has 1 fully saturated rings. The topological polar surface area (TPSA) is 64.4 Å². The van der Waals surface area contributed by atoms with Crippen molar-refractivity contribution in [2.24, 2.45) is 5.41 Å². The molecule has 5 nitrogen and oxygen atoms in total. The Bertz CT molecular complexity index is 499. The van der Waals surface area contributed by atoms with E-state index in [1.165, 1.54) is 6.07 Å². The summed E-state index contributed by atoms with van der Waals surface area (Å²) in [4.78, 5) is 10.5. The van der Waals surface area contributed by atoms with E-state index in [2.05, 4.69) is 19.2 Å². The van der Waals surface area contributed by atoms with Crippen LogP contribution in [0.2, 0.25) is 0 Å². The zero-order chi connectivity index (χ0) is 14.2. The number of ether oxygens (including phenoxy) is 1. The molecule has 0 bridgehead atoms. The van der Waals surface area contributed by atoms with Crippen LogP contribution < -0.4 is 10.1 Å². The minimum Gasteiger partial charge on any atom is -0.489 e. The number of hydrogen-bond acceptors (Lipinski definition) is 4. The first-order valence-electron chi connectivity index (χ1n) is 6.46. The first-order valence-corrected chi connectivity index (χ1v) is 6.46. The summed E-state index contributed by atoms with van der Waals surface area (Å²) in [5.41, 5.74) is 0.738. The van der Waals surface area contributed by atoms with Crippen molar-refractivity contribution >= 4 is 5.69 Å². The highest BCUT2D eigenvalue weighted by Crippen LogP contribution is 2.43. The molecule has 0 aromatic heterocycles. The molecule has 0 radical (unpaired) electrons. The summed E-state index contributed by atoms with van der Waals surface area (Å²) in [5, 5.41) is 14.2. The molecule has 1 aliphatic rings. The Hall–Kier alpha value is -1.62. The predicted molar refractivity (Wildman–Crippen MR) is 73.5 cm³/mol. The maximum atomic E-state index is 10.9. The van der Waals surface area contributed by atoms with Gasteiger partial charge in [-0.05, 0) is 20.0 Å². The van der Waals surface area contributed by atoms with Gasteiger partial charge in [0.15, 0.2) is 0 Å². The van der Waals surface area contributed by atoms with Crippen molar-refractivity contribution in [3.05, 3.63) is 33.9 Å². The molecule has 1 saturated carbocycles. The first-order chi connectivity index (χ1) is 8.87. The third kappa shape index (κ3) is 2.30. The van der Waals surface area contributed by atoms with Crippen LogP contribution in [0, 0.1) is 22.5 Å². The van der Waals surface area contributed by atoms with Crippen molar-refractivity contribution in [3.8, 4) is 5.75 Å². The normalized spacial score (nSPS) is 24.6. The Labute approximate surface area is 113 Å². The van der Waals surface area contributed by atoms with Crippen molar-refractivity contribution in [3.63, 3.8) is 0 Å². The lowest BCUT2D eigenvalue weighted by Gasteiger charge is -2.51. The van der Waals surface area contributed by atoms with Crippen LogP contribution in [0.4, 0.5) is 5.69 Å². The molecule has 2 atom stereocenters. The largest absolute Gasteiger partial charge is 0.489 e. The Kier molecular flexibility index (Phi) is 3.49. The van der Waals surface area contributed by atoms with Gasteiger partial charge in [0.25, 0.3) is 5.69 Å². The van der Waals surface area contributed by atoms with E-state index in [0.29, 0.717) is 17.4 Å². The molecule has 0 saturated heterocycles. The summed E-state index contributed by atoms with van der Waals surface area (Å²) in [6.45, 7) is 6.03. The van der Waals surface area contributed by atoms with Gasteiger partial charge >= 0.3 is 0 Å². The monoisotopic (exact) mass is 264 g/mol. The van der Waals surface area contributed by atoms with Crippen molar-refractivity contribution in [1.29, 1.82) is 0 Å². The second-order valence-electron chi connectivity index (χ2n) is 5.66. The van der Waals surface area contributed by atoms with Gasteiger partial charge in [-0.25, -0.2) is 0 Å². The average molecular weight is 264 g/mol. The molecule has 2 rings (SSSR count). The molecular formula is C14H20N2O3. The van der Waals surface area contributed by atoms with Crippen LogP contribution in [0.25, 0.3) is 0 Å². The van der Waals surface area contributed by atoms with Crippen molar-refractivity contribution < 1.29 is 9.66 Å². The lowest BCUT2D eigenvalue weighted by molar-refractivity contribution is -0.385. The summed E-state index contributed by atoms with van der Waals surface area (Å²) in [7, 11) is 1.95. The molecule has 0 amide bonds. The molecule has 1 aromatic rings. The Morgan fingerprint density at radius 1 is 1.47 bits per heavy atom. The van der Waals surface area contributed by atoms with Crippen LogP contribution in [0.5, 0.6) is 5.75 Å². The minimum atomic E-state index is -0.371. The maximum absolute atomic E-state index is 10.9. The summed E-state index contributed by atoms with van der Waals surface area (Å²) in [6, 6.07) is 5.40. The third-order valence-electron chi connectivity index (χ3n) is 4.25. The number of nitro benzene ring substituents is 1. The zero-order valence-electron chi connectivity index (χ0n) is 11.8. The maximum Gasteiger partial charge on any atom is 0.276 e. The van der Waals surface area contributed by atoms with E-state index >= 15 is 0 Å². The van der Waals surface area contributed by atoms with Crippen LogP contribution in [0.3, 0.4) is 0 Å². The molecule has 1 aromatic carbocycles. The Morgan fingerprint density at radius 2 is 2.16 bits per heavy atom. The molecule has 1 aliphatic carbocycles. The summed E-state index contributed by atoms with van der Waals surface area (Å²) in [5.74, 6) is 0.613. The van der Waals surface area contributed by atoms with E-state index < -0.39 is 0 Å². The van der Waals surface area contributed by atoms with Gasteiger partial charge in [-0.1, -0.05) is 19.9 Å². The van der Waals surface area contributed by atoms with Gasteiger partial charge in [0.05, 0.1) is 10.5 Å². The lowest BCUT2D eigenvalue weighted by atomic mass is 9.64. The molecule has 0 heterocycles. The first kappa shape index (κ1) is 13.8. The smallest absolute Gasteiger partial charge is 0.276 e. The number of nitro groups is 1. The van der Waals surface area contributed by atoms with Crippen LogP contribution >= 0.6 is 0 Å². The van der Waals surface area contributed by atoms with E-state index in [0.717, 1.165) is 6.42 Å². The van der Waals surface area contributed by atoms with Crippen molar-refractivity contribution in [1.82, 2.24) is 5.32 Å². The molecule has 19 heavy (non-hydrogen) atoms. The summed E-state index contributed by atoms with van der Waals surface area (Å²) in [6.07, 6.45) is 1.01. The van der Waals surface area contributed by atoms with Gasteiger partial charge in [0.1, 0.15) is 11.9 Å². The van der Waals surface area contributed by atoms with E-state index in [1.807, 2.05) is 7.05 Å². The van der Waals surface area contributed by atoms with Crippen molar-refractivity contribution in [2.75, 3.05) is 7.05 Å². The fourth-order valence-electron chi connectivity index (χ4n) is 2.66. The zero-order valence-corrected chi connectivity index (χ0v) is 11.8. The highest BCUT2D eigenvalue weighted by atomic mass is 16.6. The van der Waals surface area contributed by atoms with Crippen LogP contribution in [0.1, 0.15) is 25.8 Å². The van der Waals surface area contributed by atoms with Gasteiger partial charge in [0.2, 0.25) is 0 Å². The third-order valence-corrected chi connectivity index (χ3v) is 4.25. The minimum absolute atomic E-state index is 0.0335. The fourth-order valence-corrected chi connectivity index (χ4v) is 2.66. The molecule has 5 heteroatoms. The van der Waals surface area contributed by atoms with Gasteiger partial charge in [-0.2, -0.15) is 0 Å². The SMILES string of the molecule is CNC1CC(Oc2cccc([N+](=O)[O-])c2C)C1(C)C. The van der Waals surface area contributed by atoms with Gasteiger partial charge in [-0.15, -0.1) is 0 Å². The van der Waals surface area contributed by atoms with E-state index in [1.54, 1.807) is 19.1 Å². The lowest BCUT2D eigenvalue weighted by Crippen LogP contribution is -2.61. The quantitative estimate of drug-likeness (QED) is 0.670. The number of nitrogens with zero attached hydrogens (tertiary/aromatic N) is 1. The van der Waals surface area contributed by atoms with E-state index in [-0.39, 0.29) is 22.1 Å². The Balaban J connectivity index is 2.18. The fraction of sp³-hybridized carbons (Fsp3) is 0.571. The number of rotatable bonds is 4. The molecule has 104 valence electrons. The van der Waals surface area contributed by atoms with Gasteiger partial charge in [-0.3, -0.25) is 10.1 Å². The van der Waals surface area contributed by atoms with E-state index in [4.69, 9.17) is 4.74 Å². The van der Waals surface area contributed by atoms with Gasteiger partial charge in [0, 0.05) is 23.9 Å². The molecule has 1 N–H and O–H groups in total. The highest BCUT2D eigenvalue weighted by Gasteiger charge is 2.49. The second kappa shape index (κ2) is 4.81. The van der Waals surface area contributed by atoms with Crippen LogP contribution in [0.15, 0.2) is 18.2 Å². The predicted octanol–water partition coefficient (Wildman–Crippen LogP) is 2.67. The summed E-state index contributed by atoms with van der Waals surface area (Å²) < 4.78 is 5.97. The van der Waals surface area contributed by atoms with Gasteiger partial charge < -0.3 is 10.1 Å². The van der Waals surface area contributed by atoms with Crippen molar-refractivity contribution in [2.45, 2.75) is 39.3 Å².